The van der Waals surface area contributed by atoms with Gasteiger partial charge in [0.05, 0.1) is 17.1 Å². The monoisotopic (exact) mass is 715 g/mol. The molecule has 0 N–H and O–H groups in total. The average molecular weight is 716 g/mol. The fourth-order valence-corrected chi connectivity index (χ4v) is 11.2. The van der Waals surface area contributed by atoms with E-state index in [0.29, 0.717) is 0 Å². The van der Waals surface area contributed by atoms with E-state index in [1.807, 2.05) is 34.8 Å². The smallest absolute Gasteiger partial charge is 0.148 e. The Morgan fingerprint density at radius 3 is 2.26 bits per heavy atom. The number of nitrogens with zero attached hydrogens (tertiary/aromatic N) is 1. The Kier molecular flexibility index (Phi) is 6.21. The van der Waals surface area contributed by atoms with E-state index in [1.54, 1.807) is 0 Å². The number of furan rings is 1. The first-order valence-corrected chi connectivity index (χ1v) is 19.6. The molecule has 0 radical (unpaired) electrons. The van der Waals surface area contributed by atoms with Crippen LogP contribution in [0.5, 0.6) is 5.75 Å². The van der Waals surface area contributed by atoms with Crippen LogP contribution in [-0.2, 0) is 0 Å². The average Bonchev–Trinajstić information content (AvgIpc) is 3.98. The number of rotatable bonds is 4. The molecule has 12 rings (SSSR count). The van der Waals surface area contributed by atoms with Gasteiger partial charge in [0, 0.05) is 68.7 Å². The van der Waals surface area contributed by atoms with Crippen LogP contribution in [0.2, 0.25) is 0 Å². The molecule has 0 saturated carbocycles. The molecule has 7 aromatic carbocycles. The summed E-state index contributed by atoms with van der Waals surface area (Å²) in [6.45, 7) is 0. The van der Waals surface area contributed by atoms with E-state index in [2.05, 4.69) is 157 Å². The van der Waals surface area contributed by atoms with Gasteiger partial charge in [0.2, 0.25) is 0 Å². The van der Waals surface area contributed by atoms with E-state index < -0.39 is 0 Å². The number of hydrogen-bond donors (Lipinski definition) is 0. The molecule has 2 atom stereocenters. The highest BCUT2D eigenvalue weighted by Crippen LogP contribution is 2.55. The molecule has 2 unspecified atom stereocenters. The zero-order chi connectivity index (χ0) is 34.6. The van der Waals surface area contributed by atoms with E-state index >= 15 is 0 Å². The van der Waals surface area contributed by atoms with Gasteiger partial charge in [0.1, 0.15) is 23.0 Å². The van der Waals surface area contributed by atoms with E-state index in [4.69, 9.17) is 9.15 Å². The van der Waals surface area contributed by atoms with Gasteiger partial charge >= 0.3 is 0 Å². The minimum Gasteiger partial charge on any atom is -0.483 e. The standard InChI is InChI=1S/C48H29NO2S2/c1-2-11-28(12-3-1)30-23-25-37(44-45-43(53-47(30)44)26-24-36-34-15-6-9-20-42(34)52-48(36)45)49(29-21-22-33-31-13-4-7-18-39(31)50-41(33)27-29)38-17-10-16-35-32-14-5-8-19-40(32)51-46(35)38/h1-27,32,40H. The molecule has 10 aromatic rings. The summed E-state index contributed by atoms with van der Waals surface area (Å²) in [6, 6.07) is 50.5. The lowest BCUT2D eigenvalue weighted by atomic mass is 9.91. The van der Waals surface area contributed by atoms with E-state index in [1.165, 1.54) is 57.0 Å². The van der Waals surface area contributed by atoms with Gasteiger partial charge in [-0.3, -0.25) is 0 Å². The zero-order valence-electron chi connectivity index (χ0n) is 28.3. The van der Waals surface area contributed by atoms with Crippen molar-refractivity contribution in [3.63, 3.8) is 0 Å². The summed E-state index contributed by atoms with van der Waals surface area (Å²) in [6.07, 6.45) is 8.65. The largest absolute Gasteiger partial charge is 0.483 e. The number of para-hydroxylation sites is 2. The molecule has 3 aromatic heterocycles. The lowest BCUT2D eigenvalue weighted by Crippen LogP contribution is -2.16. The van der Waals surface area contributed by atoms with Gasteiger partial charge in [0.25, 0.3) is 0 Å². The normalized spacial score (nSPS) is 16.3. The fourth-order valence-electron chi connectivity index (χ4n) is 8.64. The lowest BCUT2D eigenvalue weighted by molar-refractivity contribution is 0.269. The predicted octanol–water partition coefficient (Wildman–Crippen LogP) is 14.4. The van der Waals surface area contributed by atoms with Crippen LogP contribution in [0.25, 0.3) is 73.4 Å². The van der Waals surface area contributed by atoms with Gasteiger partial charge < -0.3 is 14.1 Å². The summed E-state index contributed by atoms with van der Waals surface area (Å²) in [5.74, 6) is 1.10. The molecule has 0 amide bonds. The molecular weight excluding hydrogens is 687 g/mol. The minimum absolute atomic E-state index is 0.0310. The van der Waals surface area contributed by atoms with Crippen LogP contribution in [-0.4, -0.2) is 6.10 Å². The number of thiophene rings is 2. The van der Waals surface area contributed by atoms with Gasteiger partial charge in [-0.25, -0.2) is 0 Å². The van der Waals surface area contributed by atoms with Crippen LogP contribution in [0.1, 0.15) is 11.5 Å². The molecule has 3 nitrogen and oxygen atoms in total. The van der Waals surface area contributed by atoms with Gasteiger partial charge in [-0.1, -0.05) is 109 Å². The van der Waals surface area contributed by atoms with Crippen LogP contribution in [0.3, 0.4) is 0 Å². The van der Waals surface area contributed by atoms with Crippen LogP contribution in [0, 0.1) is 0 Å². The van der Waals surface area contributed by atoms with E-state index in [0.717, 1.165) is 44.8 Å². The highest BCUT2D eigenvalue weighted by Gasteiger charge is 2.36. The molecule has 2 aliphatic rings. The quantitative estimate of drug-likeness (QED) is 0.181. The van der Waals surface area contributed by atoms with Gasteiger partial charge in [-0.2, -0.15) is 0 Å². The van der Waals surface area contributed by atoms with Crippen LogP contribution < -0.4 is 9.64 Å². The van der Waals surface area contributed by atoms with Crippen LogP contribution in [0.15, 0.2) is 168 Å². The van der Waals surface area contributed by atoms with E-state index in [9.17, 15) is 0 Å². The number of fused-ring (bicyclic) bond motifs is 13. The lowest BCUT2D eigenvalue weighted by Gasteiger charge is -2.28. The second-order valence-electron chi connectivity index (χ2n) is 13.9. The Balaban J connectivity index is 1.21. The number of benzene rings is 7. The van der Waals surface area contributed by atoms with Crippen molar-refractivity contribution < 1.29 is 9.15 Å². The Hall–Kier alpha value is -6.14. The minimum atomic E-state index is -0.0310. The maximum atomic E-state index is 6.89. The van der Waals surface area contributed by atoms with Crippen LogP contribution in [0.4, 0.5) is 17.1 Å². The first-order chi connectivity index (χ1) is 26.3. The third kappa shape index (κ3) is 4.26. The predicted molar refractivity (Wildman–Crippen MR) is 225 cm³/mol. The molecule has 1 aliphatic heterocycles. The first-order valence-electron chi connectivity index (χ1n) is 18.0. The van der Waals surface area contributed by atoms with Gasteiger partial charge in [0.15, 0.2) is 0 Å². The Morgan fingerprint density at radius 2 is 1.32 bits per heavy atom. The van der Waals surface area contributed by atoms with Crippen molar-refractivity contribution in [3.05, 3.63) is 169 Å². The van der Waals surface area contributed by atoms with Crippen molar-refractivity contribution in [1.82, 2.24) is 0 Å². The molecule has 0 saturated heterocycles. The molecule has 53 heavy (non-hydrogen) atoms. The van der Waals surface area contributed by atoms with Crippen LogP contribution >= 0.6 is 22.7 Å². The highest BCUT2D eigenvalue weighted by atomic mass is 32.1. The maximum Gasteiger partial charge on any atom is 0.148 e. The summed E-state index contributed by atoms with van der Waals surface area (Å²) in [4.78, 5) is 2.42. The van der Waals surface area contributed by atoms with Gasteiger partial charge in [-0.05, 0) is 59.7 Å². The molecule has 250 valence electrons. The Labute approximate surface area is 312 Å². The van der Waals surface area contributed by atoms with Crippen molar-refractivity contribution in [1.29, 1.82) is 0 Å². The first kappa shape index (κ1) is 29.4. The third-order valence-electron chi connectivity index (χ3n) is 11.0. The van der Waals surface area contributed by atoms with E-state index in [-0.39, 0.29) is 12.0 Å². The molecule has 1 aliphatic carbocycles. The molecule has 0 fully saturated rings. The Bertz CT molecular complexity index is 3180. The molecule has 0 bridgehead atoms. The summed E-state index contributed by atoms with van der Waals surface area (Å²) in [5.41, 5.74) is 8.57. The van der Waals surface area contributed by atoms with Crippen molar-refractivity contribution in [2.24, 2.45) is 0 Å². The highest BCUT2D eigenvalue weighted by molar-refractivity contribution is 7.30. The molecule has 0 spiro atoms. The van der Waals surface area contributed by atoms with Gasteiger partial charge in [-0.15, -0.1) is 22.7 Å². The van der Waals surface area contributed by atoms with Crippen molar-refractivity contribution in [2.75, 3.05) is 4.90 Å². The number of anilines is 3. The number of allylic oxidation sites excluding steroid dienone is 2. The molecular formula is C48H29NO2S2. The summed E-state index contributed by atoms with van der Waals surface area (Å²) >= 11 is 3.78. The fraction of sp³-hybridized carbons (Fsp3) is 0.0417. The number of hydrogen-bond acceptors (Lipinski definition) is 5. The second-order valence-corrected chi connectivity index (χ2v) is 16.0. The third-order valence-corrected chi connectivity index (χ3v) is 13.4. The van der Waals surface area contributed by atoms with Crippen molar-refractivity contribution >= 4 is 102 Å². The van der Waals surface area contributed by atoms with Crippen molar-refractivity contribution in [3.8, 4) is 16.9 Å². The second kappa shape index (κ2) is 11.2. The van der Waals surface area contributed by atoms with Crippen molar-refractivity contribution in [2.45, 2.75) is 12.0 Å². The SMILES string of the molecule is C1=CC2Oc3c(cccc3N(c3ccc4c(c3)oc3ccccc34)c3ccc(-c4ccccc4)c4sc5ccc6c7ccccc7sc6c5c34)C2C=C1. The molecule has 4 heterocycles. The molecule has 5 heteroatoms. The summed E-state index contributed by atoms with van der Waals surface area (Å²) in [5, 5.41) is 7.39. The summed E-state index contributed by atoms with van der Waals surface area (Å²) < 4.78 is 18.6. The topological polar surface area (TPSA) is 25.6 Å². The maximum absolute atomic E-state index is 6.89. The Morgan fingerprint density at radius 1 is 0.528 bits per heavy atom. The summed E-state index contributed by atoms with van der Waals surface area (Å²) in [7, 11) is 0. The zero-order valence-corrected chi connectivity index (χ0v) is 30.0. The number of ether oxygens (including phenoxy) is 1.